The molecule has 144 valence electrons. The SMILES string of the molecule is CC(c1ccc(F)c(F)c1)N(C)C(=O)CCCNC(=O)c1ccc(Cl)cc1. The second-order valence-electron chi connectivity index (χ2n) is 6.22. The van der Waals surface area contributed by atoms with E-state index in [0.29, 0.717) is 29.1 Å². The van der Waals surface area contributed by atoms with Crippen LogP contribution in [-0.4, -0.2) is 30.3 Å². The van der Waals surface area contributed by atoms with Crippen LogP contribution in [0.25, 0.3) is 0 Å². The van der Waals surface area contributed by atoms with Crippen molar-refractivity contribution in [3.05, 3.63) is 70.2 Å². The van der Waals surface area contributed by atoms with Gasteiger partial charge in [0.1, 0.15) is 0 Å². The maximum absolute atomic E-state index is 13.4. The fourth-order valence-electron chi connectivity index (χ4n) is 2.53. The van der Waals surface area contributed by atoms with E-state index < -0.39 is 17.7 Å². The number of hydrogen-bond donors (Lipinski definition) is 1. The molecular formula is C20H21ClF2N2O2. The smallest absolute Gasteiger partial charge is 0.251 e. The number of carbonyl (C=O) groups excluding carboxylic acids is 2. The van der Waals surface area contributed by atoms with Gasteiger partial charge in [0.2, 0.25) is 5.91 Å². The summed E-state index contributed by atoms with van der Waals surface area (Å²) in [6.45, 7) is 2.09. The van der Waals surface area contributed by atoms with E-state index in [4.69, 9.17) is 11.6 Å². The van der Waals surface area contributed by atoms with Crippen molar-refractivity contribution in [3.63, 3.8) is 0 Å². The Morgan fingerprint density at radius 3 is 2.41 bits per heavy atom. The average Bonchev–Trinajstić information content (AvgIpc) is 2.66. The number of carbonyl (C=O) groups is 2. The van der Waals surface area contributed by atoms with Crippen LogP contribution in [-0.2, 0) is 4.79 Å². The Bertz CT molecular complexity index is 812. The van der Waals surface area contributed by atoms with Gasteiger partial charge >= 0.3 is 0 Å². The summed E-state index contributed by atoms with van der Waals surface area (Å²) in [7, 11) is 1.61. The minimum absolute atomic E-state index is 0.145. The summed E-state index contributed by atoms with van der Waals surface area (Å²) >= 11 is 5.78. The van der Waals surface area contributed by atoms with E-state index in [1.807, 2.05) is 0 Å². The predicted molar refractivity (Wildman–Crippen MR) is 101 cm³/mol. The summed E-state index contributed by atoms with van der Waals surface area (Å²) in [5.41, 5.74) is 1.01. The molecule has 27 heavy (non-hydrogen) atoms. The normalized spacial score (nSPS) is 11.7. The predicted octanol–water partition coefficient (Wildman–Crippen LogP) is 4.35. The molecule has 2 aromatic carbocycles. The van der Waals surface area contributed by atoms with Crippen LogP contribution in [0, 0.1) is 11.6 Å². The van der Waals surface area contributed by atoms with Crippen molar-refractivity contribution < 1.29 is 18.4 Å². The first-order chi connectivity index (χ1) is 12.8. The van der Waals surface area contributed by atoms with Gasteiger partial charge in [0.25, 0.3) is 5.91 Å². The van der Waals surface area contributed by atoms with Crippen LogP contribution in [0.4, 0.5) is 8.78 Å². The number of hydrogen-bond acceptors (Lipinski definition) is 2. The Morgan fingerprint density at radius 2 is 1.78 bits per heavy atom. The summed E-state index contributed by atoms with van der Waals surface area (Å²) in [6, 6.07) is 9.72. The summed E-state index contributed by atoms with van der Waals surface area (Å²) in [6.07, 6.45) is 0.693. The lowest BCUT2D eigenvalue weighted by Gasteiger charge is -2.25. The maximum Gasteiger partial charge on any atom is 0.251 e. The molecule has 0 saturated heterocycles. The van der Waals surface area contributed by atoms with Crippen molar-refractivity contribution >= 4 is 23.4 Å². The van der Waals surface area contributed by atoms with Gasteiger partial charge in [0, 0.05) is 30.6 Å². The Hall–Kier alpha value is -2.47. The maximum atomic E-state index is 13.4. The molecule has 0 aliphatic carbocycles. The lowest BCUT2D eigenvalue weighted by molar-refractivity contribution is -0.131. The van der Waals surface area contributed by atoms with E-state index in [2.05, 4.69) is 5.32 Å². The second-order valence-corrected chi connectivity index (χ2v) is 6.66. The molecule has 1 unspecified atom stereocenters. The molecule has 0 aromatic heterocycles. The minimum atomic E-state index is -0.940. The molecule has 2 amide bonds. The lowest BCUT2D eigenvalue weighted by atomic mass is 10.1. The van der Waals surface area contributed by atoms with Crippen LogP contribution in [0.3, 0.4) is 0 Å². The van der Waals surface area contributed by atoms with Crippen LogP contribution < -0.4 is 5.32 Å². The average molecular weight is 395 g/mol. The molecular weight excluding hydrogens is 374 g/mol. The van der Waals surface area contributed by atoms with Crippen molar-refractivity contribution in [1.82, 2.24) is 10.2 Å². The van der Waals surface area contributed by atoms with E-state index >= 15 is 0 Å². The fraction of sp³-hybridized carbons (Fsp3) is 0.300. The first kappa shape index (κ1) is 20.8. The van der Waals surface area contributed by atoms with Gasteiger partial charge in [-0.1, -0.05) is 17.7 Å². The standard InChI is InChI=1S/C20H21ClF2N2O2/c1-13(15-7-10-17(22)18(23)12-15)25(2)19(26)4-3-11-24-20(27)14-5-8-16(21)9-6-14/h5-10,12-13H,3-4,11H2,1-2H3,(H,24,27). The Kier molecular flexibility index (Phi) is 7.30. The first-order valence-electron chi connectivity index (χ1n) is 8.54. The van der Waals surface area contributed by atoms with E-state index in [1.165, 1.54) is 11.0 Å². The zero-order valence-electron chi connectivity index (χ0n) is 15.1. The van der Waals surface area contributed by atoms with Crippen molar-refractivity contribution in [2.45, 2.75) is 25.8 Å². The molecule has 0 heterocycles. The fourth-order valence-corrected chi connectivity index (χ4v) is 2.66. The highest BCUT2D eigenvalue weighted by atomic mass is 35.5. The molecule has 1 N–H and O–H groups in total. The summed E-state index contributed by atoms with van der Waals surface area (Å²) < 4.78 is 26.4. The third kappa shape index (κ3) is 5.76. The van der Waals surface area contributed by atoms with Gasteiger partial charge in [0.05, 0.1) is 6.04 Å². The van der Waals surface area contributed by atoms with Crippen LogP contribution in [0.5, 0.6) is 0 Å². The Balaban J connectivity index is 1.79. The second kappa shape index (κ2) is 9.46. The van der Waals surface area contributed by atoms with Crippen LogP contribution in [0.15, 0.2) is 42.5 Å². The summed E-state index contributed by atoms with van der Waals surface area (Å²) in [4.78, 5) is 25.7. The molecule has 0 aliphatic heterocycles. The third-order valence-electron chi connectivity index (χ3n) is 4.36. The molecule has 7 heteroatoms. The Morgan fingerprint density at radius 1 is 1.11 bits per heavy atom. The number of nitrogens with one attached hydrogen (secondary N) is 1. The molecule has 0 radical (unpaired) electrons. The van der Waals surface area contributed by atoms with Crippen LogP contribution >= 0.6 is 11.6 Å². The van der Waals surface area contributed by atoms with Crippen molar-refractivity contribution in [2.75, 3.05) is 13.6 Å². The molecule has 0 aliphatic rings. The number of rotatable bonds is 7. The van der Waals surface area contributed by atoms with Gasteiger partial charge in [-0.3, -0.25) is 9.59 Å². The van der Waals surface area contributed by atoms with Crippen molar-refractivity contribution in [3.8, 4) is 0 Å². The minimum Gasteiger partial charge on any atom is -0.352 e. The van der Waals surface area contributed by atoms with E-state index in [0.717, 1.165) is 12.1 Å². The number of benzene rings is 2. The van der Waals surface area contributed by atoms with Gasteiger partial charge in [-0.15, -0.1) is 0 Å². The first-order valence-corrected chi connectivity index (χ1v) is 8.91. The van der Waals surface area contributed by atoms with Crippen molar-refractivity contribution in [1.29, 1.82) is 0 Å². The largest absolute Gasteiger partial charge is 0.352 e. The van der Waals surface area contributed by atoms with Crippen LogP contribution in [0.2, 0.25) is 5.02 Å². The number of amides is 2. The monoisotopic (exact) mass is 394 g/mol. The highest BCUT2D eigenvalue weighted by Crippen LogP contribution is 2.21. The third-order valence-corrected chi connectivity index (χ3v) is 4.61. The van der Waals surface area contributed by atoms with Gasteiger partial charge in [0.15, 0.2) is 11.6 Å². The summed E-state index contributed by atoms with van der Waals surface area (Å²) in [5, 5.41) is 3.29. The highest BCUT2D eigenvalue weighted by molar-refractivity contribution is 6.30. The highest BCUT2D eigenvalue weighted by Gasteiger charge is 2.18. The zero-order chi connectivity index (χ0) is 20.0. The number of nitrogens with zero attached hydrogens (tertiary/aromatic N) is 1. The van der Waals surface area contributed by atoms with Crippen LogP contribution in [0.1, 0.15) is 41.7 Å². The molecule has 0 bridgehead atoms. The quantitative estimate of drug-likeness (QED) is 0.710. The van der Waals surface area contributed by atoms with Gasteiger partial charge < -0.3 is 10.2 Å². The molecule has 0 fully saturated rings. The molecule has 0 spiro atoms. The topological polar surface area (TPSA) is 49.4 Å². The lowest BCUT2D eigenvalue weighted by Crippen LogP contribution is -2.31. The van der Waals surface area contributed by atoms with E-state index in [9.17, 15) is 18.4 Å². The molecule has 0 saturated carbocycles. The molecule has 2 rings (SSSR count). The zero-order valence-corrected chi connectivity index (χ0v) is 15.9. The molecule has 4 nitrogen and oxygen atoms in total. The van der Waals surface area contributed by atoms with Gasteiger partial charge in [-0.2, -0.15) is 0 Å². The van der Waals surface area contributed by atoms with Gasteiger partial charge in [-0.05, 0) is 55.3 Å². The molecule has 2 aromatic rings. The summed E-state index contributed by atoms with van der Waals surface area (Å²) in [5.74, 6) is -2.24. The van der Waals surface area contributed by atoms with Gasteiger partial charge in [-0.25, -0.2) is 8.78 Å². The van der Waals surface area contributed by atoms with E-state index in [-0.39, 0.29) is 18.2 Å². The van der Waals surface area contributed by atoms with Crippen molar-refractivity contribution in [2.24, 2.45) is 0 Å². The number of halogens is 3. The van der Waals surface area contributed by atoms with E-state index in [1.54, 1.807) is 38.2 Å². The Labute approximate surface area is 162 Å². The molecule has 1 atom stereocenters.